The van der Waals surface area contributed by atoms with E-state index in [-0.39, 0.29) is 11.6 Å². The summed E-state index contributed by atoms with van der Waals surface area (Å²) in [6.45, 7) is 2.38. The van der Waals surface area contributed by atoms with Gasteiger partial charge in [0, 0.05) is 19.5 Å². The number of aryl methyl sites for hydroxylation is 1. The van der Waals surface area contributed by atoms with Crippen LogP contribution in [0.5, 0.6) is 0 Å². The monoisotopic (exact) mass is 390 g/mol. The molecule has 6 heteroatoms. The Hall–Kier alpha value is -3.28. The van der Waals surface area contributed by atoms with Crippen molar-refractivity contribution in [2.24, 2.45) is 7.05 Å². The number of fused-ring (bicyclic) bond motifs is 1. The van der Waals surface area contributed by atoms with E-state index >= 15 is 0 Å². The number of nitrogens with zero attached hydrogens (tertiary/aromatic N) is 2. The van der Waals surface area contributed by atoms with Crippen LogP contribution in [0.15, 0.2) is 59.4 Å². The highest BCUT2D eigenvalue weighted by Crippen LogP contribution is 2.30. The van der Waals surface area contributed by atoms with Gasteiger partial charge in [-0.05, 0) is 49.4 Å². The van der Waals surface area contributed by atoms with E-state index in [9.17, 15) is 9.59 Å². The predicted octanol–water partition coefficient (Wildman–Crippen LogP) is 3.73. The Kier molecular flexibility index (Phi) is 5.25. The fourth-order valence-electron chi connectivity index (χ4n) is 4.15. The number of rotatable bonds is 4. The lowest BCUT2D eigenvalue weighted by molar-refractivity contribution is 0.251. The Morgan fingerprint density at radius 2 is 1.83 bits per heavy atom. The number of carbonyl (C=O) groups excluding carboxylic acids is 1. The van der Waals surface area contributed by atoms with Gasteiger partial charge >= 0.3 is 6.03 Å². The van der Waals surface area contributed by atoms with Crippen LogP contribution in [-0.2, 0) is 13.5 Å². The first kappa shape index (κ1) is 19.1. The first-order valence-electron chi connectivity index (χ1n) is 10.0. The number of hydrogen-bond acceptors (Lipinski definition) is 2. The van der Waals surface area contributed by atoms with Crippen molar-refractivity contribution in [3.63, 3.8) is 0 Å². The Labute approximate surface area is 170 Å². The summed E-state index contributed by atoms with van der Waals surface area (Å²) in [6, 6.07) is 17.5. The van der Waals surface area contributed by atoms with Gasteiger partial charge in [0.15, 0.2) is 0 Å². The van der Waals surface area contributed by atoms with Crippen LogP contribution in [0.3, 0.4) is 0 Å². The molecule has 0 radical (unpaired) electrons. The molecule has 0 fully saturated rings. The van der Waals surface area contributed by atoms with Crippen molar-refractivity contribution in [1.82, 2.24) is 14.7 Å². The lowest BCUT2D eigenvalue weighted by atomic mass is 9.83. The van der Waals surface area contributed by atoms with Crippen LogP contribution in [0.25, 0.3) is 5.69 Å². The Bertz CT molecular complexity index is 1080. The average molecular weight is 390 g/mol. The molecule has 1 heterocycles. The Morgan fingerprint density at radius 3 is 2.62 bits per heavy atom. The van der Waals surface area contributed by atoms with Crippen molar-refractivity contribution in [3.05, 3.63) is 81.8 Å². The van der Waals surface area contributed by atoms with Gasteiger partial charge in [-0.2, -0.15) is 0 Å². The zero-order chi connectivity index (χ0) is 20.4. The molecule has 29 heavy (non-hydrogen) atoms. The number of nitrogens with one attached hydrogen (secondary N) is 2. The molecule has 1 aliphatic carbocycles. The first-order chi connectivity index (χ1) is 14.1. The molecule has 1 unspecified atom stereocenters. The van der Waals surface area contributed by atoms with E-state index in [4.69, 9.17) is 0 Å². The largest absolute Gasteiger partial charge is 0.337 e. The summed E-state index contributed by atoms with van der Waals surface area (Å²) < 4.78 is 3.31. The number of amides is 2. The molecule has 0 bridgehead atoms. The molecule has 4 rings (SSSR count). The minimum absolute atomic E-state index is 0.241. The van der Waals surface area contributed by atoms with Crippen LogP contribution in [-0.4, -0.2) is 21.9 Å². The van der Waals surface area contributed by atoms with Crippen molar-refractivity contribution in [2.75, 3.05) is 11.9 Å². The summed E-state index contributed by atoms with van der Waals surface area (Å²) in [6.07, 6.45) is 3.29. The fourth-order valence-corrected chi connectivity index (χ4v) is 4.15. The Morgan fingerprint density at radius 1 is 1.10 bits per heavy atom. The van der Waals surface area contributed by atoms with E-state index in [1.807, 2.05) is 44.3 Å². The normalized spacial score (nSPS) is 15.6. The highest BCUT2D eigenvalue weighted by atomic mass is 16.2. The second kappa shape index (κ2) is 7.99. The minimum atomic E-state index is -0.348. The van der Waals surface area contributed by atoms with Crippen LogP contribution in [0, 0.1) is 6.92 Å². The van der Waals surface area contributed by atoms with Gasteiger partial charge in [0.2, 0.25) is 0 Å². The predicted molar refractivity (Wildman–Crippen MR) is 115 cm³/mol. The maximum absolute atomic E-state index is 12.9. The lowest BCUT2D eigenvalue weighted by Gasteiger charge is -2.25. The molecular weight excluding hydrogens is 364 g/mol. The number of urea groups is 1. The van der Waals surface area contributed by atoms with Crippen LogP contribution in [0.4, 0.5) is 10.5 Å². The number of hydrogen-bond donors (Lipinski definition) is 2. The first-order valence-corrected chi connectivity index (χ1v) is 10.0. The fraction of sp³-hybridized carbons (Fsp3) is 0.304. The molecule has 1 aromatic heterocycles. The summed E-state index contributed by atoms with van der Waals surface area (Å²) in [5, 5.41) is 5.73. The van der Waals surface area contributed by atoms with Crippen LogP contribution >= 0.6 is 0 Å². The van der Waals surface area contributed by atoms with Gasteiger partial charge in [0.05, 0.1) is 11.4 Å². The molecule has 150 valence electrons. The maximum Gasteiger partial charge on any atom is 0.319 e. The van der Waals surface area contributed by atoms with Crippen molar-refractivity contribution in [2.45, 2.75) is 32.1 Å². The third-order valence-corrected chi connectivity index (χ3v) is 5.80. The summed E-state index contributed by atoms with van der Waals surface area (Å²) in [4.78, 5) is 25.5. The van der Waals surface area contributed by atoms with Crippen molar-refractivity contribution >= 4 is 11.7 Å². The Balaban J connectivity index is 1.48. The van der Waals surface area contributed by atoms with Gasteiger partial charge in [-0.3, -0.25) is 9.48 Å². The molecule has 0 spiro atoms. The van der Waals surface area contributed by atoms with Crippen LogP contribution < -0.4 is 16.2 Å². The molecule has 2 amide bonds. The van der Waals surface area contributed by atoms with E-state index in [1.165, 1.54) is 11.1 Å². The average Bonchev–Trinajstić information content (AvgIpc) is 2.96. The third kappa shape index (κ3) is 3.70. The number of carbonyl (C=O) groups is 1. The molecule has 0 saturated carbocycles. The number of para-hydroxylation sites is 1. The number of anilines is 1. The van der Waals surface area contributed by atoms with Gasteiger partial charge in [0.25, 0.3) is 5.56 Å². The standard InChI is InChI=1S/C23H26N4O2/c1-16-21(22(28)27(26(16)2)19-12-4-3-5-13-19)25-23(29)24-15-18-11-8-10-17-9-6-7-14-20(17)18/h3-7,9,12-14,18H,8,10-11,15H2,1-2H3,(H2,24,25,29). The summed E-state index contributed by atoms with van der Waals surface area (Å²) >= 11 is 0. The lowest BCUT2D eigenvalue weighted by Crippen LogP contribution is -2.35. The molecule has 1 aliphatic rings. The molecule has 0 aliphatic heterocycles. The van der Waals surface area contributed by atoms with Gasteiger partial charge in [-0.15, -0.1) is 0 Å². The quantitative estimate of drug-likeness (QED) is 0.713. The van der Waals surface area contributed by atoms with E-state index < -0.39 is 0 Å². The van der Waals surface area contributed by atoms with E-state index in [2.05, 4.69) is 34.9 Å². The summed E-state index contributed by atoms with van der Waals surface area (Å²) in [5.41, 5.74) is 4.22. The SMILES string of the molecule is Cc1c(NC(=O)NCC2CCCc3ccccc32)c(=O)n(-c2ccccc2)n1C. The second-order valence-corrected chi connectivity index (χ2v) is 7.56. The van der Waals surface area contributed by atoms with Gasteiger partial charge in [-0.25, -0.2) is 9.48 Å². The third-order valence-electron chi connectivity index (χ3n) is 5.80. The van der Waals surface area contributed by atoms with Crippen molar-refractivity contribution in [1.29, 1.82) is 0 Å². The maximum atomic E-state index is 12.9. The summed E-state index contributed by atoms with van der Waals surface area (Å²) in [5.74, 6) is 0.309. The summed E-state index contributed by atoms with van der Waals surface area (Å²) in [7, 11) is 1.81. The molecule has 0 saturated heterocycles. The van der Waals surface area contributed by atoms with Crippen molar-refractivity contribution in [3.8, 4) is 5.69 Å². The van der Waals surface area contributed by atoms with Crippen molar-refractivity contribution < 1.29 is 4.79 Å². The zero-order valence-electron chi connectivity index (χ0n) is 16.8. The number of benzene rings is 2. The molecule has 2 aromatic carbocycles. The molecule has 3 aromatic rings. The molecule has 1 atom stereocenters. The molecule has 6 nitrogen and oxygen atoms in total. The van der Waals surface area contributed by atoms with E-state index in [0.717, 1.165) is 24.9 Å². The van der Waals surface area contributed by atoms with Crippen LogP contribution in [0.2, 0.25) is 0 Å². The minimum Gasteiger partial charge on any atom is -0.337 e. The van der Waals surface area contributed by atoms with Gasteiger partial charge in [-0.1, -0.05) is 42.5 Å². The number of aromatic nitrogens is 2. The zero-order valence-corrected chi connectivity index (χ0v) is 16.8. The van der Waals surface area contributed by atoms with Gasteiger partial charge < -0.3 is 10.6 Å². The topological polar surface area (TPSA) is 68.1 Å². The highest BCUT2D eigenvalue weighted by Gasteiger charge is 2.22. The smallest absolute Gasteiger partial charge is 0.319 e. The molecule has 2 N–H and O–H groups in total. The molecular formula is C23H26N4O2. The van der Waals surface area contributed by atoms with Crippen LogP contribution in [0.1, 0.15) is 35.6 Å². The highest BCUT2D eigenvalue weighted by molar-refractivity contribution is 5.89. The van der Waals surface area contributed by atoms with Gasteiger partial charge in [0.1, 0.15) is 5.69 Å². The van der Waals surface area contributed by atoms with E-state index in [1.54, 1.807) is 9.36 Å². The van der Waals surface area contributed by atoms with E-state index in [0.29, 0.717) is 23.8 Å². The second-order valence-electron chi connectivity index (χ2n) is 7.56.